The summed E-state index contributed by atoms with van der Waals surface area (Å²) in [4.78, 5) is 0. The predicted octanol–water partition coefficient (Wildman–Crippen LogP) is 15.0. The van der Waals surface area contributed by atoms with Gasteiger partial charge in [0.25, 0.3) is 0 Å². The molecule has 0 saturated carbocycles. The van der Waals surface area contributed by atoms with Gasteiger partial charge in [0.2, 0.25) is 0 Å². The fourth-order valence-corrected chi connectivity index (χ4v) is 9.67. The number of rotatable bonds is 4. The van der Waals surface area contributed by atoms with E-state index < -0.39 is 0 Å². The summed E-state index contributed by atoms with van der Waals surface area (Å²) in [5.74, 6) is 0. The molecule has 4 heteroatoms. The zero-order valence-electron chi connectivity index (χ0n) is 31.2. The maximum Gasteiger partial charge on any atom is 0.159 e. The van der Waals surface area contributed by atoms with Crippen molar-refractivity contribution in [2.24, 2.45) is 0 Å². The highest BCUT2D eigenvalue weighted by Gasteiger charge is 2.25. The molecule has 0 aliphatic rings. The summed E-state index contributed by atoms with van der Waals surface area (Å²) in [6, 6.07) is 69.5. The molecular formula is C54H32N2O2. The summed E-state index contributed by atoms with van der Waals surface area (Å²) >= 11 is 0. The topological polar surface area (TPSA) is 36.1 Å². The van der Waals surface area contributed by atoms with Crippen LogP contribution in [0.3, 0.4) is 0 Å². The van der Waals surface area contributed by atoms with E-state index in [-0.39, 0.29) is 0 Å². The van der Waals surface area contributed by atoms with Crippen LogP contribution in [0.4, 0.5) is 0 Å². The van der Waals surface area contributed by atoms with E-state index >= 15 is 0 Å². The molecule has 0 spiro atoms. The van der Waals surface area contributed by atoms with Gasteiger partial charge in [-0.2, -0.15) is 0 Å². The molecule has 0 atom stereocenters. The van der Waals surface area contributed by atoms with Crippen molar-refractivity contribution in [2.75, 3.05) is 0 Å². The molecule has 0 amide bonds. The van der Waals surface area contributed by atoms with Gasteiger partial charge < -0.3 is 18.0 Å². The quantitative estimate of drug-likeness (QED) is 0.180. The van der Waals surface area contributed by atoms with Gasteiger partial charge in [-0.15, -0.1) is 0 Å². The minimum Gasteiger partial charge on any atom is -0.455 e. The first-order valence-electron chi connectivity index (χ1n) is 19.8. The molecule has 58 heavy (non-hydrogen) atoms. The Kier molecular flexibility index (Phi) is 6.41. The van der Waals surface area contributed by atoms with Crippen molar-refractivity contribution in [3.05, 3.63) is 194 Å². The van der Waals surface area contributed by atoms with E-state index in [2.05, 4.69) is 191 Å². The van der Waals surface area contributed by atoms with Crippen LogP contribution in [0.15, 0.2) is 203 Å². The Bertz CT molecular complexity index is 3800. The molecule has 0 fully saturated rings. The largest absolute Gasteiger partial charge is 0.455 e. The van der Waals surface area contributed by atoms with Crippen LogP contribution in [0.1, 0.15) is 0 Å². The third-order valence-corrected chi connectivity index (χ3v) is 12.1. The predicted molar refractivity (Wildman–Crippen MR) is 241 cm³/mol. The van der Waals surface area contributed by atoms with E-state index in [0.29, 0.717) is 0 Å². The number of hydrogen-bond donors (Lipinski definition) is 0. The molecule has 4 aromatic heterocycles. The molecule has 0 radical (unpaired) electrons. The molecule has 0 N–H and O–H groups in total. The Morgan fingerprint density at radius 1 is 0.293 bits per heavy atom. The maximum absolute atomic E-state index is 6.80. The number of benzene rings is 9. The van der Waals surface area contributed by atoms with Crippen molar-refractivity contribution in [3.63, 3.8) is 0 Å². The minimum atomic E-state index is 0.870. The van der Waals surface area contributed by atoms with Gasteiger partial charge in [0.05, 0.1) is 27.8 Å². The Balaban J connectivity index is 1.21. The molecule has 4 heterocycles. The molecule has 270 valence electrons. The molecule has 0 aliphatic heterocycles. The van der Waals surface area contributed by atoms with Gasteiger partial charge in [-0.05, 0) is 65.7 Å². The third-order valence-electron chi connectivity index (χ3n) is 12.1. The van der Waals surface area contributed by atoms with Crippen molar-refractivity contribution in [2.45, 2.75) is 0 Å². The smallest absolute Gasteiger partial charge is 0.159 e. The molecule has 0 unspecified atom stereocenters. The lowest BCUT2D eigenvalue weighted by molar-refractivity contribution is 0.666. The van der Waals surface area contributed by atoms with E-state index in [4.69, 9.17) is 8.83 Å². The van der Waals surface area contributed by atoms with E-state index in [9.17, 15) is 0 Å². The van der Waals surface area contributed by atoms with Crippen LogP contribution in [0.25, 0.3) is 121 Å². The van der Waals surface area contributed by atoms with Crippen LogP contribution >= 0.6 is 0 Å². The highest BCUT2D eigenvalue weighted by Crippen LogP contribution is 2.48. The fourth-order valence-electron chi connectivity index (χ4n) is 9.67. The average Bonchev–Trinajstić information content (AvgIpc) is 4.04. The Morgan fingerprint density at radius 2 is 0.810 bits per heavy atom. The Labute approximate surface area is 332 Å². The molecule has 9 aromatic carbocycles. The lowest BCUT2D eigenvalue weighted by Crippen LogP contribution is -1.97. The summed E-state index contributed by atoms with van der Waals surface area (Å²) in [6.07, 6.45) is 0. The molecule has 13 aromatic rings. The van der Waals surface area contributed by atoms with Gasteiger partial charge in [-0.1, -0.05) is 140 Å². The first kappa shape index (κ1) is 31.4. The number of hydrogen-bond acceptors (Lipinski definition) is 2. The van der Waals surface area contributed by atoms with Crippen molar-refractivity contribution in [1.82, 2.24) is 9.13 Å². The zero-order chi connectivity index (χ0) is 37.9. The van der Waals surface area contributed by atoms with Crippen molar-refractivity contribution in [1.29, 1.82) is 0 Å². The van der Waals surface area contributed by atoms with Gasteiger partial charge in [-0.3, -0.25) is 0 Å². The number of furan rings is 2. The van der Waals surface area contributed by atoms with Crippen LogP contribution in [-0.2, 0) is 0 Å². The third kappa shape index (κ3) is 4.29. The maximum atomic E-state index is 6.80. The highest BCUT2D eigenvalue weighted by molar-refractivity contribution is 6.20. The van der Waals surface area contributed by atoms with Crippen LogP contribution in [0, 0.1) is 0 Å². The number of para-hydroxylation sites is 8. The molecule has 0 saturated heterocycles. The van der Waals surface area contributed by atoms with E-state index in [1.54, 1.807) is 0 Å². The summed E-state index contributed by atoms with van der Waals surface area (Å²) in [6.45, 7) is 0. The Hall–Kier alpha value is -7.82. The van der Waals surface area contributed by atoms with E-state index in [1.165, 1.54) is 21.5 Å². The number of fused-ring (bicyclic) bond motifs is 12. The van der Waals surface area contributed by atoms with Gasteiger partial charge in [0.1, 0.15) is 16.7 Å². The first-order valence-corrected chi connectivity index (χ1v) is 19.8. The minimum absolute atomic E-state index is 0.870. The summed E-state index contributed by atoms with van der Waals surface area (Å²) < 4.78 is 18.4. The van der Waals surface area contributed by atoms with Crippen LogP contribution in [0.5, 0.6) is 0 Å². The lowest BCUT2D eigenvalue weighted by atomic mass is 9.90. The lowest BCUT2D eigenvalue weighted by Gasteiger charge is -2.17. The zero-order valence-corrected chi connectivity index (χ0v) is 31.2. The molecular weight excluding hydrogens is 709 g/mol. The van der Waals surface area contributed by atoms with Crippen molar-refractivity contribution in [3.8, 4) is 33.6 Å². The van der Waals surface area contributed by atoms with E-state index in [1.807, 2.05) is 12.1 Å². The highest BCUT2D eigenvalue weighted by atomic mass is 16.3. The summed E-state index contributed by atoms with van der Waals surface area (Å²) in [7, 11) is 0. The Morgan fingerprint density at radius 3 is 1.55 bits per heavy atom. The average molecular weight is 741 g/mol. The normalized spacial score (nSPS) is 12.1. The van der Waals surface area contributed by atoms with E-state index in [0.717, 1.165) is 99.6 Å². The SMILES string of the molecule is c1ccc(-n2c3ccccc3c3cc(-c4cccc5c6ccccc6n(-c6cccc7c6oc6ccccc67)c45)c(-c4cccc5c4oc4ccccc45)cc32)cc1. The molecule has 0 aliphatic carbocycles. The van der Waals surface area contributed by atoms with Gasteiger partial charge in [0.15, 0.2) is 5.58 Å². The first-order chi connectivity index (χ1) is 28.8. The molecule has 0 bridgehead atoms. The second-order valence-corrected chi connectivity index (χ2v) is 15.2. The van der Waals surface area contributed by atoms with Crippen molar-refractivity contribution < 1.29 is 8.83 Å². The monoisotopic (exact) mass is 740 g/mol. The number of nitrogens with zero attached hydrogens (tertiary/aromatic N) is 2. The van der Waals surface area contributed by atoms with Gasteiger partial charge >= 0.3 is 0 Å². The second kappa shape index (κ2) is 11.8. The second-order valence-electron chi connectivity index (χ2n) is 15.2. The van der Waals surface area contributed by atoms with Crippen LogP contribution in [0.2, 0.25) is 0 Å². The van der Waals surface area contributed by atoms with Gasteiger partial charge in [0, 0.05) is 59.9 Å². The van der Waals surface area contributed by atoms with Crippen molar-refractivity contribution >= 4 is 87.5 Å². The van der Waals surface area contributed by atoms with Crippen LogP contribution in [-0.4, -0.2) is 9.13 Å². The molecule has 4 nitrogen and oxygen atoms in total. The standard InChI is InChI=1S/C54H32N2O2/c1-2-15-33(16-3-1)55-46-26-8-5-18-35(46)45-31-43(44(32-49(45)55)42-24-13-23-40-36-19-6-10-29-50(36)57-53(40)42)39-22-12-21-38-34-17-4-9-27-47(34)56(52(38)39)48-28-14-25-41-37-20-7-11-30-51(37)58-54(41)48/h1-32H. The number of aromatic nitrogens is 2. The summed E-state index contributed by atoms with van der Waals surface area (Å²) in [5.41, 5.74) is 14.6. The fraction of sp³-hybridized carbons (Fsp3) is 0. The van der Waals surface area contributed by atoms with Gasteiger partial charge in [-0.25, -0.2) is 0 Å². The van der Waals surface area contributed by atoms with Crippen LogP contribution < -0.4 is 0 Å². The summed E-state index contributed by atoms with van der Waals surface area (Å²) in [5, 5.41) is 9.19. The molecule has 13 rings (SSSR count).